The largest absolute Gasteiger partial charge is 0.462 e. The maximum absolute atomic E-state index is 12.2. The van der Waals surface area contributed by atoms with Crippen LogP contribution in [0.2, 0.25) is 0 Å². The van der Waals surface area contributed by atoms with E-state index in [0.717, 1.165) is 19.3 Å². The fourth-order valence-corrected chi connectivity index (χ4v) is 3.51. The van der Waals surface area contributed by atoms with Crippen LogP contribution in [0.1, 0.15) is 143 Å². The molecule has 0 aliphatic carbocycles. The average Bonchev–Trinajstić information content (AvgIpc) is 2.64. The molecular weight excluding hydrogens is 320 g/mol. The van der Waals surface area contributed by atoms with Crippen molar-refractivity contribution in [3.63, 3.8) is 0 Å². The maximum Gasteiger partial charge on any atom is 0.306 e. The van der Waals surface area contributed by atoms with E-state index >= 15 is 0 Å². The Bertz CT molecular complexity index is 288. The van der Waals surface area contributed by atoms with Crippen LogP contribution in [0, 0.1) is 0 Å². The second kappa shape index (κ2) is 20.8. The Morgan fingerprint density at radius 3 is 1.46 bits per heavy atom. The molecule has 0 aliphatic heterocycles. The summed E-state index contributed by atoms with van der Waals surface area (Å²) in [4.78, 5) is 12.2. The molecule has 0 bridgehead atoms. The van der Waals surface area contributed by atoms with E-state index in [2.05, 4.69) is 20.8 Å². The van der Waals surface area contributed by atoms with E-state index in [1.165, 1.54) is 96.3 Å². The molecule has 0 radical (unpaired) electrons. The summed E-state index contributed by atoms with van der Waals surface area (Å²) in [6.45, 7) is 6.73. The number of carbonyl (C=O) groups is 1. The van der Waals surface area contributed by atoms with E-state index in [1.54, 1.807) is 0 Å². The number of ether oxygens (including phenoxy) is 1. The Kier molecular flexibility index (Phi) is 20.4. The summed E-state index contributed by atoms with van der Waals surface area (Å²) in [6, 6.07) is 0. The highest BCUT2D eigenvalue weighted by Gasteiger charge is 2.14. The minimum Gasteiger partial charge on any atom is -0.462 e. The van der Waals surface area contributed by atoms with Gasteiger partial charge in [0.1, 0.15) is 6.10 Å². The van der Waals surface area contributed by atoms with Crippen LogP contribution in [0.5, 0.6) is 0 Å². The van der Waals surface area contributed by atoms with Gasteiger partial charge in [0.05, 0.1) is 0 Å². The van der Waals surface area contributed by atoms with Crippen molar-refractivity contribution in [1.82, 2.24) is 0 Å². The van der Waals surface area contributed by atoms with Crippen molar-refractivity contribution in [3.05, 3.63) is 0 Å². The standard InChI is InChI=1S/C24H48O2/c1-4-7-10-13-14-16-18-21-23(20-17-12-9-6-3)26-24(25)22-19-15-11-8-5-2/h23H,4-22H2,1-3H3. The lowest BCUT2D eigenvalue weighted by Crippen LogP contribution is -2.18. The highest BCUT2D eigenvalue weighted by molar-refractivity contribution is 5.69. The number of unbranched alkanes of at least 4 members (excludes halogenated alkanes) is 13. The lowest BCUT2D eigenvalue weighted by Gasteiger charge is -2.18. The normalized spacial score (nSPS) is 12.3. The Hall–Kier alpha value is -0.530. The van der Waals surface area contributed by atoms with Crippen LogP contribution in [0.25, 0.3) is 0 Å². The second-order valence-corrected chi connectivity index (χ2v) is 8.04. The van der Waals surface area contributed by atoms with Crippen molar-refractivity contribution in [2.24, 2.45) is 0 Å². The third kappa shape index (κ3) is 18.3. The molecule has 0 saturated heterocycles. The molecular formula is C24H48O2. The van der Waals surface area contributed by atoms with E-state index in [4.69, 9.17) is 4.74 Å². The van der Waals surface area contributed by atoms with Crippen LogP contribution in [0.15, 0.2) is 0 Å². The smallest absolute Gasteiger partial charge is 0.306 e. The van der Waals surface area contributed by atoms with E-state index in [9.17, 15) is 4.79 Å². The number of hydrogen-bond donors (Lipinski definition) is 0. The van der Waals surface area contributed by atoms with Crippen LogP contribution in [0.3, 0.4) is 0 Å². The molecule has 1 unspecified atom stereocenters. The molecule has 2 nitrogen and oxygen atoms in total. The van der Waals surface area contributed by atoms with Gasteiger partial charge in [0, 0.05) is 6.42 Å². The fourth-order valence-electron chi connectivity index (χ4n) is 3.51. The summed E-state index contributed by atoms with van der Waals surface area (Å²) >= 11 is 0. The van der Waals surface area contributed by atoms with Crippen LogP contribution < -0.4 is 0 Å². The summed E-state index contributed by atoms with van der Waals surface area (Å²) in [5, 5.41) is 0. The molecule has 1 atom stereocenters. The quantitative estimate of drug-likeness (QED) is 0.159. The predicted octanol–water partition coefficient (Wildman–Crippen LogP) is 8.37. The molecule has 156 valence electrons. The molecule has 0 amide bonds. The van der Waals surface area contributed by atoms with Crippen molar-refractivity contribution < 1.29 is 9.53 Å². The molecule has 0 aliphatic rings. The predicted molar refractivity (Wildman–Crippen MR) is 115 cm³/mol. The third-order valence-electron chi connectivity index (χ3n) is 5.29. The molecule has 26 heavy (non-hydrogen) atoms. The first kappa shape index (κ1) is 25.5. The monoisotopic (exact) mass is 368 g/mol. The van der Waals surface area contributed by atoms with Crippen molar-refractivity contribution in [2.75, 3.05) is 0 Å². The first-order chi connectivity index (χ1) is 12.7. The molecule has 0 N–H and O–H groups in total. The van der Waals surface area contributed by atoms with Gasteiger partial charge in [-0.2, -0.15) is 0 Å². The van der Waals surface area contributed by atoms with Gasteiger partial charge in [-0.15, -0.1) is 0 Å². The summed E-state index contributed by atoms with van der Waals surface area (Å²) in [5.74, 6) is 0.0462. The second-order valence-electron chi connectivity index (χ2n) is 8.04. The Labute approximate surface area is 164 Å². The highest BCUT2D eigenvalue weighted by Crippen LogP contribution is 2.17. The number of esters is 1. The van der Waals surface area contributed by atoms with Crippen LogP contribution in [0.4, 0.5) is 0 Å². The molecule has 0 fully saturated rings. The molecule has 0 rings (SSSR count). The molecule has 0 aromatic rings. The van der Waals surface area contributed by atoms with Gasteiger partial charge in [-0.3, -0.25) is 4.79 Å². The van der Waals surface area contributed by atoms with Crippen LogP contribution >= 0.6 is 0 Å². The summed E-state index contributed by atoms with van der Waals surface area (Å²) in [5.41, 5.74) is 0. The zero-order valence-corrected chi connectivity index (χ0v) is 18.3. The highest BCUT2D eigenvalue weighted by atomic mass is 16.5. The Morgan fingerprint density at radius 1 is 0.577 bits per heavy atom. The molecule has 0 aromatic heterocycles. The minimum atomic E-state index is 0.0462. The zero-order chi connectivity index (χ0) is 19.3. The van der Waals surface area contributed by atoms with Crippen LogP contribution in [-0.2, 0) is 9.53 Å². The van der Waals surface area contributed by atoms with Gasteiger partial charge in [0.2, 0.25) is 0 Å². The minimum absolute atomic E-state index is 0.0462. The lowest BCUT2D eigenvalue weighted by molar-refractivity contribution is -0.150. The number of hydrogen-bond acceptors (Lipinski definition) is 2. The summed E-state index contributed by atoms with van der Waals surface area (Å²) < 4.78 is 5.84. The summed E-state index contributed by atoms with van der Waals surface area (Å²) in [7, 11) is 0. The lowest BCUT2D eigenvalue weighted by atomic mass is 10.0. The SMILES string of the molecule is CCCCCCCCCC(CCCCCC)OC(=O)CCCCCCC. The average molecular weight is 369 g/mol. The van der Waals surface area contributed by atoms with Crippen molar-refractivity contribution >= 4 is 5.97 Å². The Balaban J connectivity index is 3.94. The van der Waals surface area contributed by atoms with Gasteiger partial charge in [-0.05, 0) is 32.1 Å². The Morgan fingerprint density at radius 2 is 0.962 bits per heavy atom. The third-order valence-corrected chi connectivity index (χ3v) is 5.29. The van der Waals surface area contributed by atoms with Gasteiger partial charge in [-0.25, -0.2) is 0 Å². The zero-order valence-electron chi connectivity index (χ0n) is 18.3. The molecule has 0 heterocycles. The van der Waals surface area contributed by atoms with E-state index in [1.807, 2.05) is 0 Å². The van der Waals surface area contributed by atoms with Crippen molar-refractivity contribution in [2.45, 2.75) is 149 Å². The number of rotatable bonds is 20. The maximum atomic E-state index is 12.2. The molecule has 0 saturated carbocycles. The van der Waals surface area contributed by atoms with E-state index in [-0.39, 0.29) is 12.1 Å². The van der Waals surface area contributed by atoms with E-state index < -0.39 is 0 Å². The number of carbonyl (C=O) groups excluding carboxylic acids is 1. The fraction of sp³-hybridized carbons (Fsp3) is 0.958. The van der Waals surface area contributed by atoms with Gasteiger partial charge >= 0.3 is 5.97 Å². The van der Waals surface area contributed by atoms with Crippen LogP contribution in [-0.4, -0.2) is 12.1 Å². The van der Waals surface area contributed by atoms with E-state index in [0.29, 0.717) is 6.42 Å². The first-order valence-corrected chi connectivity index (χ1v) is 11.9. The van der Waals surface area contributed by atoms with Gasteiger partial charge in [0.15, 0.2) is 0 Å². The van der Waals surface area contributed by atoms with Gasteiger partial charge in [0.25, 0.3) is 0 Å². The molecule has 2 heteroatoms. The topological polar surface area (TPSA) is 26.3 Å². The van der Waals surface area contributed by atoms with Crippen molar-refractivity contribution in [3.8, 4) is 0 Å². The first-order valence-electron chi connectivity index (χ1n) is 11.9. The van der Waals surface area contributed by atoms with Gasteiger partial charge in [-0.1, -0.05) is 104 Å². The molecule has 0 aromatic carbocycles. The van der Waals surface area contributed by atoms with Crippen molar-refractivity contribution in [1.29, 1.82) is 0 Å². The summed E-state index contributed by atoms with van der Waals surface area (Å²) in [6.07, 6.45) is 23.2. The van der Waals surface area contributed by atoms with Gasteiger partial charge < -0.3 is 4.74 Å². The molecule has 0 spiro atoms.